The second kappa shape index (κ2) is 7.98. The van der Waals surface area contributed by atoms with Crippen molar-refractivity contribution in [3.8, 4) is 5.75 Å². The zero-order valence-corrected chi connectivity index (χ0v) is 12.9. The fraction of sp³-hybridized carbons (Fsp3) is 0.222. The second-order valence-corrected chi connectivity index (χ2v) is 5.09. The van der Waals surface area contributed by atoms with E-state index in [0.717, 1.165) is 18.7 Å². The molecule has 0 saturated carbocycles. The van der Waals surface area contributed by atoms with Gasteiger partial charge >= 0.3 is 5.97 Å². The minimum Gasteiger partial charge on any atom is -0.494 e. The number of hydrogen-bond donors (Lipinski definition) is 2. The average Bonchev–Trinajstić information content (AvgIpc) is 2.55. The topological polar surface area (TPSA) is 75.6 Å². The second-order valence-electron chi connectivity index (χ2n) is 5.09. The van der Waals surface area contributed by atoms with E-state index in [1.54, 1.807) is 31.2 Å². The highest BCUT2D eigenvalue weighted by Crippen LogP contribution is 2.13. The number of benzene rings is 2. The van der Waals surface area contributed by atoms with Crippen LogP contribution in [0.3, 0.4) is 0 Å². The number of anilines is 1. The van der Waals surface area contributed by atoms with Crippen LogP contribution in [0.15, 0.2) is 48.5 Å². The molecule has 23 heavy (non-hydrogen) atoms. The molecular formula is C18H19NO4. The van der Waals surface area contributed by atoms with E-state index < -0.39 is 5.97 Å². The Morgan fingerprint density at radius 1 is 1.00 bits per heavy atom. The predicted octanol–water partition coefficient (Wildman–Crippen LogP) is 3.47. The lowest BCUT2D eigenvalue weighted by Crippen LogP contribution is -2.07. The Morgan fingerprint density at radius 3 is 2.17 bits per heavy atom. The Bertz CT molecular complexity index is 603. The first kappa shape index (κ1) is 16.5. The first-order valence-corrected chi connectivity index (χ1v) is 7.37. The molecular weight excluding hydrogens is 294 g/mol. The summed E-state index contributed by atoms with van der Waals surface area (Å²) in [5.74, 6) is -0.240. The number of ketones is 1. The van der Waals surface area contributed by atoms with Gasteiger partial charge in [0.1, 0.15) is 5.75 Å². The van der Waals surface area contributed by atoms with Crippen LogP contribution in [-0.4, -0.2) is 30.0 Å². The van der Waals surface area contributed by atoms with E-state index in [1.807, 2.05) is 12.1 Å². The molecule has 0 atom stereocenters. The number of carboxylic acid groups (broad SMARTS) is 1. The maximum absolute atomic E-state index is 11.2. The van der Waals surface area contributed by atoms with E-state index in [0.29, 0.717) is 17.9 Å². The molecule has 2 aromatic carbocycles. The monoisotopic (exact) mass is 313 g/mol. The van der Waals surface area contributed by atoms with Crippen LogP contribution in [0.25, 0.3) is 0 Å². The van der Waals surface area contributed by atoms with Crippen LogP contribution >= 0.6 is 0 Å². The van der Waals surface area contributed by atoms with Crippen LogP contribution < -0.4 is 10.1 Å². The number of Topliss-reactive ketones (excluding diaryl/α,β-unsaturated/α-hetero) is 1. The van der Waals surface area contributed by atoms with Crippen molar-refractivity contribution in [2.24, 2.45) is 0 Å². The fourth-order valence-corrected chi connectivity index (χ4v) is 2.01. The van der Waals surface area contributed by atoms with Crippen molar-refractivity contribution in [1.82, 2.24) is 0 Å². The zero-order valence-electron chi connectivity index (χ0n) is 12.9. The number of nitrogens with one attached hydrogen (secondary N) is 1. The molecule has 0 saturated heterocycles. The summed E-state index contributed by atoms with van der Waals surface area (Å²) >= 11 is 0. The van der Waals surface area contributed by atoms with E-state index in [9.17, 15) is 9.59 Å². The lowest BCUT2D eigenvalue weighted by atomic mass is 10.1. The Morgan fingerprint density at radius 2 is 1.61 bits per heavy atom. The van der Waals surface area contributed by atoms with Gasteiger partial charge in [0, 0.05) is 17.8 Å². The van der Waals surface area contributed by atoms with Crippen molar-refractivity contribution < 1.29 is 19.4 Å². The summed E-state index contributed by atoms with van der Waals surface area (Å²) in [6, 6.07) is 13.7. The van der Waals surface area contributed by atoms with Crippen LogP contribution in [0.2, 0.25) is 0 Å². The molecule has 0 aliphatic rings. The molecule has 2 aromatic rings. The minimum absolute atomic E-state index is 0.0545. The third kappa shape index (κ3) is 5.14. The van der Waals surface area contributed by atoms with Gasteiger partial charge in [-0.2, -0.15) is 0 Å². The Kier molecular flexibility index (Phi) is 5.74. The van der Waals surface area contributed by atoms with E-state index in [2.05, 4.69) is 5.32 Å². The van der Waals surface area contributed by atoms with Gasteiger partial charge in [0.05, 0.1) is 12.2 Å². The van der Waals surface area contributed by atoms with Gasteiger partial charge in [0.2, 0.25) is 0 Å². The summed E-state index contributed by atoms with van der Waals surface area (Å²) in [6.45, 7) is 2.82. The standard InChI is InChI=1S/C18H19NO4/c1-13(20)14-3-7-16(8-4-14)19-11-2-12-23-17-9-5-15(6-10-17)18(21)22/h3-10,19H,2,11-12H2,1H3,(H,21,22). The summed E-state index contributed by atoms with van der Waals surface area (Å²) in [7, 11) is 0. The molecule has 2 N–H and O–H groups in total. The Balaban J connectivity index is 1.69. The molecule has 0 bridgehead atoms. The molecule has 0 aliphatic heterocycles. The van der Waals surface area contributed by atoms with Gasteiger partial charge in [-0.15, -0.1) is 0 Å². The first-order valence-electron chi connectivity index (χ1n) is 7.37. The first-order chi connectivity index (χ1) is 11.1. The van der Waals surface area contributed by atoms with Crippen LogP contribution in [0.4, 0.5) is 5.69 Å². The van der Waals surface area contributed by atoms with Crippen LogP contribution in [-0.2, 0) is 0 Å². The van der Waals surface area contributed by atoms with Crippen LogP contribution in [0.5, 0.6) is 5.75 Å². The number of ether oxygens (including phenoxy) is 1. The largest absolute Gasteiger partial charge is 0.494 e. The molecule has 5 nitrogen and oxygen atoms in total. The quantitative estimate of drug-likeness (QED) is 0.576. The molecule has 0 spiro atoms. The number of rotatable bonds is 8. The van der Waals surface area contributed by atoms with Crippen molar-refractivity contribution in [2.45, 2.75) is 13.3 Å². The molecule has 120 valence electrons. The van der Waals surface area contributed by atoms with Crippen molar-refractivity contribution >= 4 is 17.4 Å². The lowest BCUT2D eigenvalue weighted by molar-refractivity contribution is 0.0696. The van der Waals surface area contributed by atoms with Gasteiger partial charge in [0.15, 0.2) is 5.78 Å². The molecule has 5 heteroatoms. The van der Waals surface area contributed by atoms with Crippen molar-refractivity contribution in [2.75, 3.05) is 18.5 Å². The predicted molar refractivity (Wildman–Crippen MR) is 88.4 cm³/mol. The van der Waals surface area contributed by atoms with Gasteiger partial charge in [0.25, 0.3) is 0 Å². The number of hydrogen-bond acceptors (Lipinski definition) is 4. The number of carbonyl (C=O) groups is 2. The smallest absolute Gasteiger partial charge is 0.335 e. The molecule has 0 radical (unpaired) electrons. The Labute approximate surface area is 134 Å². The molecule has 0 unspecified atom stereocenters. The fourth-order valence-electron chi connectivity index (χ4n) is 2.01. The number of aromatic carboxylic acids is 1. The molecule has 2 rings (SSSR count). The van der Waals surface area contributed by atoms with E-state index in [-0.39, 0.29) is 11.3 Å². The molecule has 0 amide bonds. The van der Waals surface area contributed by atoms with Crippen molar-refractivity contribution in [3.63, 3.8) is 0 Å². The van der Waals surface area contributed by atoms with Crippen molar-refractivity contribution in [1.29, 1.82) is 0 Å². The van der Waals surface area contributed by atoms with Crippen LogP contribution in [0.1, 0.15) is 34.1 Å². The molecule has 0 aromatic heterocycles. The maximum atomic E-state index is 11.2. The van der Waals surface area contributed by atoms with E-state index in [4.69, 9.17) is 9.84 Å². The van der Waals surface area contributed by atoms with Gasteiger partial charge in [-0.3, -0.25) is 4.79 Å². The lowest BCUT2D eigenvalue weighted by Gasteiger charge is -2.09. The SMILES string of the molecule is CC(=O)c1ccc(NCCCOc2ccc(C(=O)O)cc2)cc1. The van der Waals surface area contributed by atoms with Gasteiger partial charge in [-0.05, 0) is 61.9 Å². The van der Waals surface area contributed by atoms with E-state index in [1.165, 1.54) is 12.1 Å². The van der Waals surface area contributed by atoms with E-state index >= 15 is 0 Å². The Hall–Kier alpha value is -2.82. The highest BCUT2D eigenvalue weighted by Gasteiger charge is 2.02. The summed E-state index contributed by atoms with van der Waals surface area (Å²) in [5, 5.41) is 12.1. The third-order valence-corrected chi connectivity index (χ3v) is 3.31. The summed E-state index contributed by atoms with van der Waals surface area (Å²) < 4.78 is 5.55. The summed E-state index contributed by atoms with van der Waals surface area (Å²) in [5.41, 5.74) is 1.90. The third-order valence-electron chi connectivity index (χ3n) is 3.31. The van der Waals surface area contributed by atoms with Gasteiger partial charge < -0.3 is 15.2 Å². The summed E-state index contributed by atoms with van der Waals surface area (Å²) in [6.07, 6.45) is 0.801. The normalized spacial score (nSPS) is 10.1. The number of carbonyl (C=O) groups excluding carboxylic acids is 1. The highest BCUT2D eigenvalue weighted by atomic mass is 16.5. The maximum Gasteiger partial charge on any atom is 0.335 e. The molecule has 0 aliphatic carbocycles. The van der Waals surface area contributed by atoms with Gasteiger partial charge in [-0.1, -0.05) is 0 Å². The molecule has 0 heterocycles. The van der Waals surface area contributed by atoms with Crippen LogP contribution in [0, 0.1) is 0 Å². The van der Waals surface area contributed by atoms with Gasteiger partial charge in [-0.25, -0.2) is 4.79 Å². The summed E-state index contributed by atoms with van der Waals surface area (Å²) in [4.78, 5) is 21.9. The zero-order chi connectivity index (χ0) is 16.7. The van der Waals surface area contributed by atoms with Crippen molar-refractivity contribution in [3.05, 3.63) is 59.7 Å². The average molecular weight is 313 g/mol. The highest BCUT2D eigenvalue weighted by molar-refractivity contribution is 5.94. The molecule has 0 fully saturated rings. The minimum atomic E-state index is -0.948. The number of carboxylic acids is 1.